The van der Waals surface area contributed by atoms with E-state index in [1.54, 1.807) is 18.4 Å². The summed E-state index contributed by atoms with van der Waals surface area (Å²) < 4.78 is 6.54. The van der Waals surface area contributed by atoms with Crippen molar-refractivity contribution in [3.63, 3.8) is 0 Å². The molecule has 1 aromatic heterocycles. The second kappa shape index (κ2) is 3.79. The average molecular weight is 227 g/mol. The van der Waals surface area contributed by atoms with Crippen LogP contribution in [0.1, 0.15) is 11.1 Å². The van der Waals surface area contributed by atoms with Crippen molar-refractivity contribution in [3.8, 4) is 5.75 Å². The third-order valence-electron chi connectivity index (χ3n) is 2.44. The van der Waals surface area contributed by atoms with E-state index in [1.165, 1.54) is 15.6 Å². The Morgan fingerprint density at radius 1 is 1.50 bits per heavy atom. The Morgan fingerprint density at radius 3 is 2.93 bits per heavy atom. The first-order valence-corrected chi connectivity index (χ1v) is 5.79. The lowest BCUT2D eigenvalue weighted by Gasteiger charge is -2.08. The summed E-state index contributed by atoms with van der Waals surface area (Å²) in [5.74, 6) is 1.46. The smallest absolute Gasteiger partial charge is 0.136 e. The minimum Gasteiger partial charge on any atom is -0.495 e. The highest BCUT2D eigenvalue weighted by Crippen LogP contribution is 2.35. The maximum Gasteiger partial charge on any atom is 0.136 e. The quantitative estimate of drug-likeness (QED) is 0.705. The number of fused-ring (bicyclic) bond motifs is 1. The zero-order valence-electron chi connectivity index (χ0n) is 8.13. The fourth-order valence-electron chi connectivity index (χ4n) is 1.59. The lowest BCUT2D eigenvalue weighted by Crippen LogP contribution is -1.89. The summed E-state index contributed by atoms with van der Waals surface area (Å²) in [7, 11) is 1.70. The van der Waals surface area contributed by atoms with Crippen molar-refractivity contribution in [1.82, 2.24) is 0 Å². The van der Waals surface area contributed by atoms with Gasteiger partial charge < -0.3 is 4.74 Å². The summed E-state index contributed by atoms with van der Waals surface area (Å²) in [4.78, 5) is 0. The monoisotopic (exact) mass is 226 g/mol. The molecule has 0 aliphatic heterocycles. The molecule has 0 saturated heterocycles. The molecular weight excluding hydrogens is 216 g/mol. The molecule has 0 N–H and O–H groups in total. The molecule has 2 rings (SSSR count). The standard InChI is InChI=1S/C11H11ClOS/c1-7-8(6-12)5-10(13-2)11-9(7)3-4-14-11/h3-5H,6H2,1-2H3. The molecule has 0 saturated carbocycles. The number of rotatable bonds is 2. The van der Waals surface area contributed by atoms with Crippen LogP contribution in [0.25, 0.3) is 10.1 Å². The van der Waals surface area contributed by atoms with E-state index in [2.05, 4.69) is 18.4 Å². The summed E-state index contributed by atoms with van der Waals surface area (Å²) in [6, 6.07) is 4.15. The zero-order valence-corrected chi connectivity index (χ0v) is 9.71. The van der Waals surface area contributed by atoms with Gasteiger partial charge in [0.2, 0.25) is 0 Å². The summed E-state index contributed by atoms with van der Waals surface area (Å²) in [5, 5.41) is 3.34. The highest BCUT2D eigenvalue weighted by atomic mass is 35.5. The van der Waals surface area contributed by atoms with Crippen molar-refractivity contribution in [2.24, 2.45) is 0 Å². The second-order valence-electron chi connectivity index (χ2n) is 3.16. The number of methoxy groups -OCH3 is 1. The largest absolute Gasteiger partial charge is 0.495 e. The van der Waals surface area contributed by atoms with Crippen LogP contribution < -0.4 is 4.74 Å². The molecule has 0 bridgehead atoms. The number of hydrogen-bond donors (Lipinski definition) is 0. The normalized spacial score (nSPS) is 10.8. The number of aryl methyl sites for hydroxylation is 1. The second-order valence-corrected chi connectivity index (χ2v) is 4.34. The van der Waals surface area contributed by atoms with E-state index in [4.69, 9.17) is 16.3 Å². The molecule has 1 nitrogen and oxygen atoms in total. The van der Waals surface area contributed by atoms with Gasteiger partial charge in [-0.1, -0.05) is 0 Å². The summed E-state index contributed by atoms with van der Waals surface area (Å²) >= 11 is 7.58. The Labute approximate surface area is 92.3 Å². The molecule has 74 valence electrons. The molecule has 0 aliphatic carbocycles. The van der Waals surface area contributed by atoms with Crippen molar-refractivity contribution in [1.29, 1.82) is 0 Å². The van der Waals surface area contributed by atoms with Gasteiger partial charge in [0.25, 0.3) is 0 Å². The Hall–Kier alpha value is -0.730. The molecule has 0 spiro atoms. The average Bonchev–Trinajstić information content (AvgIpc) is 2.68. The van der Waals surface area contributed by atoms with Gasteiger partial charge in [0.05, 0.1) is 11.8 Å². The summed E-state index contributed by atoms with van der Waals surface area (Å²) in [6.45, 7) is 2.10. The van der Waals surface area contributed by atoms with Crippen LogP contribution in [0.3, 0.4) is 0 Å². The van der Waals surface area contributed by atoms with E-state index in [0.29, 0.717) is 5.88 Å². The van der Waals surface area contributed by atoms with E-state index >= 15 is 0 Å². The topological polar surface area (TPSA) is 9.23 Å². The Balaban J connectivity index is 2.80. The SMILES string of the molecule is COc1cc(CCl)c(C)c2ccsc12. The summed E-state index contributed by atoms with van der Waals surface area (Å²) in [5.41, 5.74) is 2.41. The van der Waals surface area contributed by atoms with Gasteiger partial charge in [0.1, 0.15) is 5.75 Å². The molecule has 0 atom stereocenters. The lowest BCUT2D eigenvalue weighted by atomic mass is 10.1. The van der Waals surface area contributed by atoms with E-state index in [0.717, 1.165) is 11.3 Å². The van der Waals surface area contributed by atoms with Gasteiger partial charge in [-0.3, -0.25) is 0 Å². The number of ether oxygens (including phenoxy) is 1. The molecule has 2 aromatic rings. The van der Waals surface area contributed by atoms with Crippen LogP contribution in [0.15, 0.2) is 17.5 Å². The Bertz CT molecular complexity index is 462. The van der Waals surface area contributed by atoms with Gasteiger partial charge in [-0.15, -0.1) is 22.9 Å². The molecule has 1 heterocycles. The van der Waals surface area contributed by atoms with Crippen LogP contribution in [0.2, 0.25) is 0 Å². The van der Waals surface area contributed by atoms with Crippen LogP contribution in [0.4, 0.5) is 0 Å². The Kier molecular flexibility index (Phi) is 2.66. The molecule has 0 aliphatic rings. The maximum absolute atomic E-state index is 5.88. The van der Waals surface area contributed by atoms with E-state index < -0.39 is 0 Å². The van der Waals surface area contributed by atoms with Gasteiger partial charge in [0, 0.05) is 5.88 Å². The molecule has 0 radical (unpaired) electrons. The van der Waals surface area contributed by atoms with Crippen LogP contribution in [0.5, 0.6) is 5.75 Å². The zero-order chi connectivity index (χ0) is 10.1. The van der Waals surface area contributed by atoms with Gasteiger partial charge >= 0.3 is 0 Å². The van der Waals surface area contributed by atoms with Crippen molar-refractivity contribution < 1.29 is 4.74 Å². The molecule has 0 amide bonds. The number of halogens is 1. The highest BCUT2D eigenvalue weighted by molar-refractivity contribution is 7.17. The van der Waals surface area contributed by atoms with Gasteiger partial charge in [-0.25, -0.2) is 0 Å². The molecular formula is C11H11ClOS. The van der Waals surface area contributed by atoms with Crippen LogP contribution in [-0.2, 0) is 5.88 Å². The van der Waals surface area contributed by atoms with Crippen LogP contribution >= 0.6 is 22.9 Å². The number of hydrogen-bond acceptors (Lipinski definition) is 2. The molecule has 1 aromatic carbocycles. The van der Waals surface area contributed by atoms with Crippen molar-refractivity contribution >= 4 is 33.0 Å². The highest BCUT2D eigenvalue weighted by Gasteiger charge is 2.09. The lowest BCUT2D eigenvalue weighted by molar-refractivity contribution is 0.420. The maximum atomic E-state index is 5.88. The van der Waals surface area contributed by atoms with E-state index in [9.17, 15) is 0 Å². The van der Waals surface area contributed by atoms with Gasteiger partial charge in [-0.05, 0) is 40.9 Å². The van der Waals surface area contributed by atoms with Crippen molar-refractivity contribution in [3.05, 3.63) is 28.6 Å². The fraction of sp³-hybridized carbons (Fsp3) is 0.273. The summed E-state index contributed by atoms with van der Waals surface area (Å²) in [6.07, 6.45) is 0. The first kappa shape index (κ1) is 9.81. The number of thiophene rings is 1. The third kappa shape index (κ3) is 1.39. The molecule has 3 heteroatoms. The van der Waals surface area contributed by atoms with E-state index in [1.807, 2.05) is 6.07 Å². The van der Waals surface area contributed by atoms with Gasteiger partial charge in [-0.2, -0.15) is 0 Å². The van der Waals surface area contributed by atoms with Crippen molar-refractivity contribution in [2.45, 2.75) is 12.8 Å². The van der Waals surface area contributed by atoms with Crippen LogP contribution in [-0.4, -0.2) is 7.11 Å². The first-order valence-electron chi connectivity index (χ1n) is 4.37. The minimum atomic E-state index is 0.536. The minimum absolute atomic E-state index is 0.536. The number of benzene rings is 1. The van der Waals surface area contributed by atoms with E-state index in [-0.39, 0.29) is 0 Å². The van der Waals surface area contributed by atoms with Gasteiger partial charge in [0.15, 0.2) is 0 Å². The molecule has 0 fully saturated rings. The predicted molar refractivity (Wildman–Crippen MR) is 62.7 cm³/mol. The van der Waals surface area contributed by atoms with Crippen LogP contribution in [0, 0.1) is 6.92 Å². The number of alkyl halides is 1. The Morgan fingerprint density at radius 2 is 2.29 bits per heavy atom. The third-order valence-corrected chi connectivity index (χ3v) is 3.66. The molecule has 14 heavy (non-hydrogen) atoms. The van der Waals surface area contributed by atoms with Crippen molar-refractivity contribution in [2.75, 3.05) is 7.11 Å². The fourth-order valence-corrected chi connectivity index (χ4v) is 2.82. The first-order chi connectivity index (χ1) is 6.77. The molecule has 0 unspecified atom stereocenters. The predicted octanol–water partition coefficient (Wildman–Crippen LogP) is 3.96.